The third kappa shape index (κ3) is 64.6. The monoisotopic (exact) mass is 1310 g/mol. The van der Waals surface area contributed by atoms with Crippen molar-refractivity contribution >= 4 is 39.5 Å². The number of phosphoric ester groups is 2. The molecule has 0 spiro atoms. The summed E-state index contributed by atoms with van der Waals surface area (Å²) in [6.45, 7) is 11.8. The third-order valence-electron chi connectivity index (χ3n) is 16.1. The van der Waals surface area contributed by atoms with Crippen LogP contribution in [-0.4, -0.2) is 96.7 Å². The smallest absolute Gasteiger partial charge is 0.462 e. The summed E-state index contributed by atoms with van der Waals surface area (Å²) in [5.41, 5.74) is 0. The van der Waals surface area contributed by atoms with Crippen LogP contribution in [0.1, 0.15) is 350 Å². The van der Waals surface area contributed by atoms with Crippen molar-refractivity contribution in [2.24, 2.45) is 17.8 Å². The van der Waals surface area contributed by atoms with E-state index in [4.69, 9.17) is 37.0 Å². The Balaban J connectivity index is 5.22. The Hall–Kier alpha value is -1.94. The van der Waals surface area contributed by atoms with E-state index in [1.54, 1.807) is 0 Å². The number of ether oxygens (including phenoxy) is 4. The highest BCUT2D eigenvalue weighted by atomic mass is 31.2. The van der Waals surface area contributed by atoms with Crippen LogP contribution in [0.4, 0.5) is 0 Å². The molecule has 2 unspecified atom stereocenters. The number of phosphoric acid groups is 2. The molecule has 19 heteroatoms. The van der Waals surface area contributed by atoms with Gasteiger partial charge in [0.15, 0.2) is 12.2 Å². The van der Waals surface area contributed by atoms with E-state index in [1.165, 1.54) is 154 Å². The molecule has 0 fully saturated rings. The van der Waals surface area contributed by atoms with Crippen LogP contribution in [0.2, 0.25) is 0 Å². The minimum Gasteiger partial charge on any atom is -0.462 e. The molecule has 5 atom stereocenters. The molecule has 0 radical (unpaired) electrons. The first kappa shape index (κ1) is 87.1. The predicted molar refractivity (Wildman–Crippen MR) is 358 cm³/mol. The Morgan fingerprint density at radius 2 is 0.517 bits per heavy atom. The van der Waals surface area contributed by atoms with Gasteiger partial charge in [-0.3, -0.25) is 37.3 Å². The number of rotatable bonds is 68. The molecule has 0 aliphatic rings. The minimum atomic E-state index is -4.95. The van der Waals surface area contributed by atoms with Gasteiger partial charge in [0.2, 0.25) is 0 Å². The first-order chi connectivity index (χ1) is 42.7. The fourth-order valence-corrected chi connectivity index (χ4v) is 12.1. The average Bonchev–Trinajstić information content (AvgIpc) is 3.68. The molecule has 528 valence electrons. The highest BCUT2D eigenvalue weighted by molar-refractivity contribution is 7.47. The van der Waals surface area contributed by atoms with E-state index in [9.17, 15) is 43.2 Å². The van der Waals surface area contributed by atoms with Gasteiger partial charge < -0.3 is 33.8 Å². The second-order valence-corrected chi connectivity index (χ2v) is 29.6. The predicted octanol–water partition coefficient (Wildman–Crippen LogP) is 19.8. The second-order valence-electron chi connectivity index (χ2n) is 26.7. The molecule has 89 heavy (non-hydrogen) atoms. The fourth-order valence-electron chi connectivity index (χ4n) is 10.5. The van der Waals surface area contributed by atoms with E-state index in [2.05, 4.69) is 48.5 Å². The Bertz CT molecular complexity index is 1750. The summed E-state index contributed by atoms with van der Waals surface area (Å²) >= 11 is 0. The quantitative estimate of drug-likeness (QED) is 0.0222. The lowest BCUT2D eigenvalue weighted by Gasteiger charge is -2.21. The standard InChI is InChI=1S/C70H136O17P2/c1-8-9-10-11-12-30-37-44-51-67(72)80-57-66(87-70(75)54-47-40-33-26-29-36-43-50-63(6)7)60-85-89(78,79)83-56-64(71)55-82-88(76,77)84-59-65(58-81-68(73)52-45-38-31-24-21-17-19-23-28-35-42-49-62(4)5)86-69(74)53-46-39-32-25-20-16-14-13-15-18-22-27-34-41-48-61(2)3/h61-66,71H,8-60H2,1-7H3,(H,76,77)(H,78,79)/t64-,65-,66-/m1/s1. The number of aliphatic hydroxyl groups excluding tert-OH is 1. The van der Waals surface area contributed by atoms with Gasteiger partial charge in [0, 0.05) is 25.7 Å². The zero-order valence-electron chi connectivity index (χ0n) is 57.9. The summed E-state index contributed by atoms with van der Waals surface area (Å²) in [7, 11) is -9.90. The first-order valence-electron chi connectivity index (χ1n) is 36.3. The number of hydrogen-bond donors (Lipinski definition) is 3. The highest BCUT2D eigenvalue weighted by Gasteiger charge is 2.30. The van der Waals surface area contributed by atoms with Crippen LogP contribution < -0.4 is 0 Å². The molecule has 17 nitrogen and oxygen atoms in total. The van der Waals surface area contributed by atoms with Crippen LogP contribution in [-0.2, 0) is 65.4 Å². The zero-order chi connectivity index (χ0) is 65.9. The average molecular weight is 1310 g/mol. The van der Waals surface area contributed by atoms with Crippen molar-refractivity contribution in [3.8, 4) is 0 Å². The van der Waals surface area contributed by atoms with E-state index in [0.717, 1.165) is 108 Å². The van der Waals surface area contributed by atoms with Gasteiger partial charge >= 0.3 is 39.5 Å². The molecule has 0 aromatic carbocycles. The van der Waals surface area contributed by atoms with Crippen molar-refractivity contribution < 1.29 is 80.2 Å². The maximum Gasteiger partial charge on any atom is 0.472 e. The molecule has 0 amide bonds. The summed E-state index contributed by atoms with van der Waals surface area (Å²) in [5.74, 6) is 0.132. The number of carbonyl (C=O) groups is 4. The molecule has 0 saturated carbocycles. The fraction of sp³-hybridized carbons (Fsp3) is 0.943. The second kappa shape index (κ2) is 61.0. The summed E-state index contributed by atoms with van der Waals surface area (Å²) in [5, 5.41) is 10.6. The summed E-state index contributed by atoms with van der Waals surface area (Å²) < 4.78 is 68.2. The molecule has 0 rings (SSSR count). The summed E-state index contributed by atoms with van der Waals surface area (Å²) in [4.78, 5) is 72.4. The summed E-state index contributed by atoms with van der Waals surface area (Å²) in [6.07, 6.45) is 44.6. The number of aliphatic hydroxyl groups is 1. The van der Waals surface area contributed by atoms with Crippen LogP contribution >= 0.6 is 15.6 Å². The Morgan fingerprint density at radius 1 is 0.303 bits per heavy atom. The molecule has 0 bridgehead atoms. The summed E-state index contributed by atoms with van der Waals surface area (Å²) in [6, 6.07) is 0. The van der Waals surface area contributed by atoms with Crippen molar-refractivity contribution in [1.29, 1.82) is 0 Å². The molecule has 0 aromatic rings. The third-order valence-corrected chi connectivity index (χ3v) is 18.0. The maximum absolute atomic E-state index is 13.0. The first-order valence-corrected chi connectivity index (χ1v) is 39.3. The lowest BCUT2D eigenvalue weighted by atomic mass is 10.0. The maximum atomic E-state index is 13.0. The van der Waals surface area contributed by atoms with Crippen LogP contribution in [0.3, 0.4) is 0 Å². The number of hydrogen-bond acceptors (Lipinski definition) is 15. The van der Waals surface area contributed by atoms with Crippen LogP contribution in [0.25, 0.3) is 0 Å². The van der Waals surface area contributed by atoms with Crippen molar-refractivity contribution in [3.63, 3.8) is 0 Å². The minimum absolute atomic E-state index is 0.103. The van der Waals surface area contributed by atoms with Crippen molar-refractivity contribution in [2.45, 2.75) is 369 Å². The molecule has 3 N–H and O–H groups in total. The Kier molecular flexibility index (Phi) is 59.6. The van der Waals surface area contributed by atoms with Crippen molar-refractivity contribution in [2.75, 3.05) is 39.6 Å². The van der Waals surface area contributed by atoms with Gasteiger partial charge in [-0.1, -0.05) is 299 Å². The van der Waals surface area contributed by atoms with Gasteiger partial charge in [-0.25, -0.2) is 9.13 Å². The number of esters is 4. The lowest BCUT2D eigenvalue weighted by molar-refractivity contribution is -0.161. The van der Waals surface area contributed by atoms with E-state index >= 15 is 0 Å². The van der Waals surface area contributed by atoms with Crippen molar-refractivity contribution in [1.82, 2.24) is 0 Å². The molecule has 0 aliphatic heterocycles. The van der Waals surface area contributed by atoms with E-state index in [-0.39, 0.29) is 25.7 Å². The van der Waals surface area contributed by atoms with E-state index in [0.29, 0.717) is 31.6 Å². The molecule has 0 aliphatic carbocycles. The molecule has 0 saturated heterocycles. The van der Waals surface area contributed by atoms with E-state index in [1.807, 2.05) is 0 Å². The Labute approximate surface area is 543 Å². The molecule has 0 heterocycles. The van der Waals surface area contributed by atoms with Gasteiger partial charge in [0.25, 0.3) is 0 Å². The van der Waals surface area contributed by atoms with Crippen LogP contribution in [0.5, 0.6) is 0 Å². The van der Waals surface area contributed by atoms with Gasteiger partial charge in [-0.15, -0.1) is 0 Å². The molecular formula is C70H136O17P2. The largest absolute Gasteiger partial charge is 0.472 e. The van der Waals surface area contributed by atoms with Gasteiger partial charge in [-0.2, -0.15) is 0 Å². The SMILES string of the molecule is CCCCCCCCCCC(=O)OC[C@H](COP(=O)(O)OC[C@H](O)COP(=O)(O)OC[C@@H](COC(=O)CCCCCCCCCCCCCC(C)C)OC(=O)CCCCCCCCCCCCCCCCC(C)C)OC(=O)CCCCCCCCCC(C)C. The van der Waals surface area contributed by atoms with Crippen LogP contribution in [0, 0.1) is 17.8 Å². The zero-order valence-corrected chi connectivity index (χ0v) is 59.7. The normalized spacial score (nSPS) is 14.2. The van der Waals surface area contributed by atoms with E-state index < -0.39 is 97.5 Å². The van der Waals surface area contributed by atoms with Gasteiger partial charge in [-0.05, 0) is 43.4 Å². The van der Waals surface area contributed by atoms with Crippen LogP contribution in [0.15, 0.2) is 0 Å². The molecule has 0 aromatic heterocycles. The Morgan fingerprint density at radius 3 is 0.764 bits per heavy atom. The topological polar surface area (TPSA) is 237 Å². The number of unbranched alkanes of at least 4 members (excludes halogenated alkanes) is 36. The van der Waals surface area contributed by atoms with Gasteiger partial charge in [0.1, 0.15) is 19.3 Å². The highest BCUT2D eigenvalue weighted by Crippen LogP contribution is 2.45. The molecular weight excluding hydrogens is 1170 g/mol. The van der Waals surface area contributed by atoms with Crippen molar-refractivity contribution in [3.05, 3.63) is 0 Å². The lowest BCUT2D eigenvalue weighted by Crippen LogP contribution is -2.30. The van der Waals surface area contributed by atoms with Gasteiger partial charge in [0.05, 0.1) is 26.4 Å². The number of carbonyl (C=O) groups excluding carboxylic acids is 4.